The largest absolute Gasteiger partial charge is 0.417 e. The number of amides is 1. The van der Waals surface area contributed by atoms with Gasteiger partial charge in [-0.1, -0.05) is 6.07 Å². The van der Waals surface area contributed by atoms with Crippen molar-refractivity contribution in [2.24, 2.45) is 0 Å². The fourth-order valence-electron chi connectivity index (χ4n) is 1.45. The van der Waals surface area contributed by atoms with E-state index in [2.05, 4.69) is 26.2 Å². The van der Waals surface area contributed by atoms with Gasteiger partial charge in [-0.25, -0.2) is 4.79 Å². The third kappa shape index (κ3) is 2.52. The number of fused-ring (bicyclic) bond motifs is 1. The van der Waals surface area contributed by atoms with Crippen molar-refractivity contribution >= 4 is 31.8 Å². The van der Waals surface area contributed by atoms with E-state index < -0.39 is 5.76 Å². The maximum absolute atomic E-state index is 10.9. The van der Waals surface area contributed by atoms with E-state index in [9.17, 15) is 9.59 Å². The van der Waals surface area contributed by atoms with Crippen LogP contribution in [-0.4, -0.2) is 16.3 Å². The number of hydrogen-bond acceptors (Lipinski definition) is 3. The number of aromatic amines is 1. The molecule has 0 saturated heterocycles. The van der Waals surface area contributed by atoms with Crippen LogP contribution in [0.2, 0.25) is 0 Å². The van der Waals surface area contributed by atoms with E-state index in [0.29, 0.717) is 24.1 Å². The Morgan fingerprint density at radius 2 is 2.31 bits per heavy atom. The molecule has 16 heavy (non-hydrogen) atoms. The van der Waals surface area contributed by atoms with E-state index in [0.717, 1.165) is 5.56 Å². The smallest absolute Gasteiger partial charge is 0.408 e. The van der Waals surface area contributed by atoms with Gasteiger partial charge in [0.2, 0.25) is 0 Å². The maximum Gasteiger partial charge on any atom is 0.417 e. The second-order valence-corrected chi connectivity index (χ2v) is 4.02. The van der Waals surface area contributed by atoms with Crippen LogP contribution in [0.1, 0.15) is 5.56 Å². The lowest BCUT2D eigenvalue weighted by Gasteiger charge is -2.01. The zero-order chi connectivity index (χ0) is 11.5. The van der Waals surface area contributed by atoms with Gasteiger partial charge in [-0.15, -0.1) is 0 Å². The zero-order valence-electron chi connectivity index (χ0n) is 8.25. The van der Waals surface area contributed by atoms with Gasteiger partial charge in [0.15, 0.2) is 5.58 Å². The standard InChI is InChI=1S/C10H9BrN2O3/c11-9(14)12-4-3-6-1-2-7-8(5-6)16-10(15)13-7/h1-2,5H,3-4H2,(H,12,14)(H,13,15). The normalized spacial score (nSPS) is 10.6. The van der Waals surface area contributed by atoms with Crippen molar-refractivity contribution in [3.05, 3.63) is 34.3 Å². The van der Waals surface area contributed by atoms with Crippen LogP contribution in [0.5, 0.6) is 0 Å². The lowest BCUT2D eigenvalue weighted by atomic mass is 10.1. The molecule has 2 aromatic rings. The minimum absolute atomic E-state index is 0.234. The molecule has 0 aliphatic heterocycles. The van der Waals surface area contributed by atoms with Gasteiger partial charge in [-0.05, 0) is 24.1 Å². The highest BCUT2D eigenvalue weighted by Gasteiger charge is 2.02. The Kier molecular flexibility index (Phi) is 3.09. The van der Waals surface area contributed by atoms with Gasteiger partial charge in [0.25, 0.3) is 4.82 Å². The average molecular weight is 285 g/mol. The van der Waals surface area contributed by atoms with Crippen molar-refractivity contribution in [3.8, 4) is 0 Å². The average Bonchev–Trinajstić information content (AvgIpc) is 2.56. The maximum atomic E-state index is 10.9. The van der Waals surface area contributed by atoms with Crippen LogP contribution in [0, 0.1) is 0 Å². The Morgan fingerprint density at radius 3 is 3.06 bits per heavy atom. The van der Waals surface area contributed by atoms with Gasteiger partial charge in [-0.3, -0.25) is 9.78 Å². The first-order chi connectivity index (χ1) is 7.65. The Balaban J connectivity index is 2.13. The summed E-state index contributed by atoms with van der Waals surface area (Å²) in [6.07, 6.45) is 0.683. The van der Waals surface area contributed by atoms with E-state index in [1.807, 2.05) is 6.07 Å². The van der Waals surface area contributed by atoms with Crippen molar-refractivity contribution in [2.75, 3.05) is 6.54 Å². The quantitative estimate of drug-likeness (QED) is 0.666. The molecule has 6 heteroatoms. The predicted molar refractivity (Wildman–Crippen MR) is 62.9 cm³/mol. The number of benzene rings is 1. The first kappa shape index (κ1) is 10.9. The predicted octanol–water partition coefficient (Wildman–Crippen LogP) is 1.77. The highest BCUT2D eigenvalue weighted by Crippen LogP contribution is 2.12. The van der Waals surface area contributed by atoms with Gasteiger partial charge in [0.1, 0.15) is 0 Å². The Hall–Kier alpha value is -1.56. The summed E-state index contributed by atoms with van der Waals surface area (Å²) in [4.78, 5) is 23.8. The highest BCUT2D eigenvalue weighted by molar-refractivity contribution is 9.18. The second-order valence-electron chi connectivity index (χ2n) is 3.30. The van der Waals surface area contributed by atoms with Gasteiger partial charge in [0, 0.05) is 22.5 Å². The van der Waals surface area contributed by atoms with Crippen LogP contribution in [0.4, 0.5) is 4.79 Å². The van der Waals surface area contributed by atoms with Crippen molar-refractivity contribution in [1.29, 1.82) is 0 Å². The monoisotopic (exact) mass is 284 g/mol. The van der Waals surface area contributed by atoms with Gasteiger partial charge >= 0.3 is 5.76 Å². The summed E-state index contributed by atoms with van der Waals surface area (Å²) in [5.41, 5.74) is 2.21. The number of nitrogens with one attached hydrogen (secondary N) is 2. The molecule has 84 valence electrons. The highest BCUT2D eigenvalue weighted by atomic mass is 79.9. The van der Waals surface area contributed by atoms with E-state index in [1.165, 1.54) is 0 Å². The molecule has 1 aromatic heterocycles. The van der Waals surface area contributed by atoms with Crippen LogP contribution in [0.15, 0.2) is 27.4 Å². The van der Waals surface area contributed by atoms with Crippen LogP contribution >= 0.6 is 15.9 Å². The van der Waals surface area contributed by atoms with Crippen LogP contribution in [0.3, 0.4) is 0 Å². The van der Waals surface area contributed by atoms with Crippen molar-refractivity contribution < 1.29 is 9.21 Å². The molecule has 5 nitrogen and oxygen atoms in total. The Labute approximate surface area is 99.0 Å². The molecule has 1 aromatic carbocycles. The minimum Gasteiger partial charge on any atom is -0.408 e. The second kappa shape index (κ2) is 4.52. The van der Waals surface area contributed by atoms with Crippen LogP contribution in [0.25, 0.3) is 11.1 Å². The lowest BCUT2D eigenvalue weighted by molar-refractivity contribution is 0.262. The summed E-state index contributed by atoms with van der Waals surface area (Å²) in [6.45, 7) is 0.532. The molecule has 0 spiro atoms. The number of rotatable bonds is 3. The van der Waals surface area contributed by atoms with Gasteiger partial charge in [0.05, 0.1) is 5.52 Å². The fraction of sp³-hybridized carbons (Fsp3) is 0.200. The molecule has 2 N–H and O–H groups in total. The third-order valence-corrected chi connectivity index (χ3v) is 2.44. The number of carbonyl (C=O) groups excluding carboxylic acids is 1. The number of oxazole rings is 1. The molecule has 0 bridgehead atoms. The van der Waals surface area contributed by atoms with Gasteiger partial charge in [-0.2, -0.15) is 0 Å². The summed E-state index contributed by atoms with van der Waals surface area (Å²) in [5, 5.41) is 2.62. The number of H-pyrrole nitrogens is 1. The van der Waals surface area contributed by atoms with E-state index in [-0.39, 0.29) is 4.82 Å². The summed E-state index contributed by atoms with van der Waals surface area (Å²) >= 11 is 2.78. The molecule has 0 radical (unpaired) electrons. The van der Waals surface area contributed by atoms with Crippen molar-refractivity contribution in [3.63, 3.8) is 0 Å². The molecular formula is C10H9BrN2O3. The Morgan fingerprint density at radius 1 is 1.50 bits per heavy atom. The zero-order valence-corrected chi connectivity index (χ0v) is 9.83. The molecule has 0 aliphatic carbocycles. The molecule has 0 fully saturated rings. The van der Waals surface area contributed by atoms with Crippen molar-refractivity contribution in [1.82, 2.24) is 10.3 Å². The first-order valence-electron chi connectivity index (χ1n) is 4.70. The molecule has 0 unspecified atom stereocenters. The molecule has 0 atom stereocenters. The summed E-state index contributed by atoms with van der Waals surface area (Å²) in [6, 6.07) is 5.45. The van der Waals surface area contributed by atoms with E-state index in [4.69, 9.17) is 4.42 Å². The molecule has 1 heterocycles. The minimum atomic E-state index is -0.457. The van der Waals surface area contributed by atoms with Gasteiger partial charge < -0.3 is 9.73 Å². The van der Waals surface area contributed by atoms with Crippen LogP contribution < -0.4 is 11.1 Å². The lowest BCUT2D eigenvalue weighted by Crippen LogP contribution is -2.18. The number of hydrogen-bond donors (Lipinski definition) is 2. The summed E-state index contributed by atoms with van der Waals surface area (Å²) in [7, 11) is 0. The SMILES string of the molecule is O=C(Br)NCCc1ccc2[nH]c(=O)oc2c1. The molecular weight excluding hydrogens is 276 g/mol. The number of carbonyl (C=O) groups is 1. The Bertz CT molecular complexity index is 573. The first-order valence-corrected chi connectivity index (χ1v) is 5.49. The molecule has 2 rings (SSSR count). The summed E-state index contributed by atoms with van der Waals surface area (Å²) < 4.78 is 4.93. The third-order valence-electron chi connectivity index (χ3n) is 2.16. The number of halogens is 1. The topological polar surface area (TPSA) is 75.1 Å². The van der Waals surface area contributed by atoms with Crippen LogP contribution in [-0.2, 0) is 6.42 Å². The van der Waals surface area contributed by atoms with Crippen molar-refractivity contribution in [2.45, 2.75) is 6.42 Å². The molecule has 1 amide bonds. The molecule has 0 saturated carbocycles. The van der Waals surface area contributed by atoms with E-state index in [1.54, 1.807) is 12.1 Å². The molecule has 0 aliphatic rings. The summed E-state index contributed by atoms with van der Waals surface area (Å²) in [5.74, 6) is -0.457. The fourth-order valence-corrected chi connectivity index (χ4v) is 1.65. The van der Waals surface area contributed by atoms with E-state index >= 15 is 0 Å². The number of aromatic nitrogens is 1.